The first-order chi connectivity index (χ1) is 3.62. The van der Waals surface area contributed by atoms with Crippen molar-refractivity contribution in [2.75, 3.05) is 0 Å². The summed E-state index contributed by atoms with van der Waals surface area (Å²) in [4.78, 5) is 0. The van der Waals surface area contributed by atoms with Gasteiger partial charge in [0.25, 0.3) is 0 Å². The summed E-state index contributed by atoms with van der Waals surface area (Å²) in [6.45, 7) is 1.53. The molecule has 3 heteroatoms. The SMILES string of the molecule is CCC(F)(F)CC[SiH3]. The summed E-state index contributed by atoms with van der Waals surface area (Å²) in [6.07, 6.45) is 0.0883. The molecule has 0 unspecified atom stereocenters. The average Bonchev–Trinajstić information content (AvgIpc) is 1.67. The molecular weight excluding hydrogens is 126 g/mol. The predicted octanol–water partition coefficient (Wildman–Crippen LogP) is 1.21. The number of halogens is 2. The summed E-state index contributed by atoms with van der Waals surface area (Å²) in [5.74, 6) is -2.37. The summed E-state index contributed by atoms with van der Waals surface area (Å²) in [6, 6.07) is 0.709. The van der Waals surface area contributed by atoms with E-state index < -0.39 is 5.92 Å². The van der Waals surface area contributed by atoms with Gasteiger partial charge in [-0.3, -0.25) is 0 Å². The molecule has 0 aromatic carbocycles. The van der Waals surface area contributed by atoms with E-state index in [1.54, 1.807) is 0 Å². The maximum Gasteiger partial charge on any atom is 0.247 e. The van der Waals surface area contributed by atoms with E-state index in [9.17, 15) is 8.78 Å². The lowest BCUT2D eigenvalue weighted by molar-refractivity contribution is -0.00624. The monoisotopic (exact) mass is 138 g/mol. The highest BCUT2D eigenvalue weighted by Crippen LogP contribution is 2.22. The van der Waals surface area contributed by atoms with Gasteiger partial charge in [-0.05, 0) is 0 Å². The van der Waals surface area contributed by atoms with Gasteiger partial charge in [0, 0.05) is 23.1 Å². The lowest BCUT2D eigenvalue weighted by Gasteiger charge is -2.10. The Labute approximate surface area is 51.7 Å². The van der Waals surface area contributed by atoms with Crippen LogP contribution in [0.4, 0.5) is 8.78 Å². The fraction of sp³-hybridized carbons (Fsp3) is 1.00. The zero-order valence-electron chi connectivity index (χ0n) is 5.38. The number of rotatable bonds is 3. The van der Waals surface area contributed by atoms with E-state index in [-0.39, 0.29) is 12.8 Å². The van der Waals surface area contributed by atoms with Gasteiger partial charge in [0.2, 0.25) is 5.92 Å². The highest BCUT2D eigenvalue weighted by Gasteiger charge is 2.23. The van der Waals surface area contributed by atoms with Crippen molar-refractivity contribution in [3.63, 3.8) is 0 Å². The molecule has 50 valence electrons. The predicted molar refractivity (Wildman–Crippen MR) is 34.6 cm³/mol. The fourth-order valence-corrected chi connectivity index (χ4v) is 1.27. The molecule has 0 rings (SSSR count). The minimum atomic E-state index is -2.37. The van der Waals surface area contributed by atoms with E-state index in [0.717, 1.165) is 10.2 Å². The van der Waals surface area contributed by atoms with Gasteiger partial charge in [-0.15, -0.1) is 0 Å². The standard InChI is InChI=1S/C5H12F2Si/c1-2-5(6,7)3-4-8/h2-4H2,1,8H3. The first-order valence-electron chi connectivity index (χ1n) is 3.00. The van der Waals surface area contributed by atoms with Gasteiger partial charge in [-0.2, -0.15) is 0 Å². The van der Waals surface area contributed by atoms with Crippen molar-refractivity contribution in [1.29, 1.82) is 0 Å². The van der Waals surface area contributed by atoms with Gasteiger partial charge in [0.1, 0.15) is 0 Å². The van der Waals surface area contributed by atoms with Crippen LogP contribution in [0.3, 0.4) is 0 Å². The lowest BCUT2D eigenvalue weighted by Crippen LogP contribution is -2.12. The van der Waals surface area contributed by atoms with Crippen molar-refractivity contribution in [3.8, 4) is 0 Å². The van der Waals surface area contributed by atoms with Crippen molar-refractivity contribution >= 4 is 10.2 Å². The second kappa shape index (κ2) is 3.17. The molecule has 0 spiro atoms. The molecule has 0 radical (unpaired) electrons. The van der Waals surface area contributed by atoms with Crippen LogP contribution in [-0.4, -0.2) is 16.2 Å². The maximum absolute atomic E-state index is 12.2. The molecule has 0 aliphatic carbocycles. The Morgan fingerprint density at radius 2 is 2.00 bits per heavy atom. The highest BCUT2D eigenvalue weighted by atomic mass is 28.1. The molecule has 8 heavy (non-hydrogen) atoms. The molecule has 0 N–H and O–H groups in total. The first kappa shape index (κ1) is 8.08. The van der Waals surface area contributed by atoms with Crippen LogP contribution < -0.4 is 0 Å². The van der Waals surface area contributed by atoms with Gasteiger partial charge in [0.15, 0.2) is 0 Å². The minimum Gasteiger partial charge on any atom is -0.207 e. The summed E-state index contributed by atoms with van der Waals surface area (Å²) < 4.78 is 24.4. The normalized spacial score (nSPS) is 12.4. The van der Waals surface area contributed by atoms with Gasteiger partial charge >= 0.3 is 0 Å². The van der Waals surface area contributed by atoms with Crippen LogP contribution >= 0.6 is 0 Å². The Morgan fingerprint density at radius 1 is 1.50 bits per heavy atom. The molecule has 0 aromatic heterocycles. The quantitative estimate of drug-likeness (QED) is 0.514. The molecule has 0 saturated carbocycles. The van der Waals surface area contributed by atoms with Crippen molar-refractivity contribution in [1.82, 2.24) is 0 Å². The van der Waals surface area contributed by atoms with Crippen LogP contribution in [0.25, 0.3) is 0 Å². The molecule has 0 aromatic rings. The second-order valence-corrected chi connectivity index (χ2v) is 2.96. The Balaban J connectivity index is 3.37. The Morgan fingerprint density at radius 3 is 2.12 bits per heavy atom. The van der Waals surface area contributed by atoms with Crippen LogP contribution in [0.15, 0.2) is 0 Å². The zero-order chi connectivity index (χ0) is 6.62. The van der Waals surface area contributed by atoms with Crippen molar-refractivity contribution in [2.45, 2.75) is 31.7 Å². The van der Waals surface area contributed by atoms with E-state index in [0.29, 0.717) is 6.04 Å². The summed E-state index contributed by atoms with van der Waals surface area (Å²) >= 11 is 0. The third-order valence-corrected chi connectivity index (χ3v) is 1.63. The third-order valence-electron chi connectivity index (χ3n) is 1.13. The van der Waals surface area contributed by atoms with Crippen molar-refractivity contribution < 1.29 is 8.78 Å². The van der Waals surface area contributed by atoms with Gasteiger partial charge in [-0.25, -0.2) is 8.78 Å². The highest BCUT2D eigenvalue weighted by molar-refractivity contribution is 6.08. The molecule has 0 amide bonds. The van der Waals surface area contributed by atoms with Crippen LogP contribution in [0.1, 0.15) is 19.8 Å². The van der Waals surface area contributed by atoms with Crippen LogP contribution in [0, 0.1) is 0 Å². The zero-order valence-corrected chi connectivity index (χ0v) is 7.38. The first-order valence-corrected chi connectivity index (χ1v) is 4.41. The van der Waals surface area contributed by atoms with Crippen molar-refractivity contribution in [3.05, 3.63) is 0 Å². The van der Waals surface area contributed by atoms with E-state index >= 15 is 0 Å². The molecule has 0 aliphatic rings. The summed E-state index contributed by atoms with van der Waals surface area (Å²) in [5.41, 5.74) is 0. The Kier molecular flexibility index (Phi) is 3.20. The molecule has 0 fully saturated rings. The third kappa shape index (κ3) is 3.13. The average molecular weight is 138 g/mol. The molecule has 0 nitrogen and oxygen atoms in total. The van der Waals surface area contributed by atoms with Gasteiger partial charge < -0.3 is 0 Å². The Bertz CT molecular complexity index is 63.4. The fourth-order valence-electron chi connectivity index (χ4n) is 0.543. The van der Waals surface area contributed by atoms with Crippen molar-refractivity contribution in [2.24, 2.45) is 0 Å². The number of alkyl halides is 2. The number of hydrogen-bond acceptors (Lipinski definition) is 0. The van der Waals surface area contributed by atoms with E-state index in [4.69, 9.17) is 0 Å². The largest absolute Gasteiger partial charge is 0.247 e. The van der Waals surface area contributed by atoms with E-state index in [1.807, 2.05) is 0 Å². The van der Waals surface area contributed by atoms with E-state index in [2.05, 4.69) is 0 Å². The van der Waals surface area contributed by atoms with Gasteiger partial charge in [-0.1, -0.05) is 13.0 Å². The topological polar surface area (TPSA) is 0 Å². The molecule has 0 atom stereocenters. The minimum absolute atomic E-state index is 0.00472. The van der Waals surface area contributed by atoms with Crippen LogP contribution in [0.5, 0.6) is 0 Å². The van der Waals surface area contributed by atoms with Gasteiger partial charge in [0.05, 0.1) is 0 Å². The van der Waals surface area contributed by atoms with Crippen LogP contribution in [0.2, 0.25) is 6.04 Å². The molecule has 0 heterocycles. The molecule has 0 bridgehead atoms. The molecule has 0 saturated heterocycles. The van der Waals surface area contributed by atoms with E-state index in [1.165, 1.54) is 6.92 Å². The molecule has 0 aliphatic heterocycles. The Hall–Kier alpha value is 0.0769. The smallest absolute Gasteiger partial charge is 0.207 e. The molecular formula is C5H12F2Si. The van der Waals surface area contributed by atoms with Crippen LogP contribution in [-0.2, 0) is 0 Å². The number of hydrogen-bond donors (Lipinski definition) is 0. The maximum atomic E-state index is 12.2. The summed E-state index contributed by atoms with van der Waals surface area (Å²) in [7, 11) is 0.894. The lowest BCUT2D eigenvalue weighted by atomic mass is 10.2. The summed E-state index contributed by atoms with van der Waals surface area (Å²) in [5, 5.41) is 0. The second-order valence-electron chi connectivity index (χ2n) is 1.96.